The van der Waals surface area contributed by atoms with Gasteiger partial charge in [-0.05, 0) is 12.1 Å². The molecule has 1 N–H and O–H groups in total. The van der Waals surface area contributed by atoms with Crippen molar-refractivity contribution in [1.29, 1.82) is 0 Å². The van der Waals surface area contributed by atoms with Crippen LogP contribution < -0.4 is 0 Å². The van der Waals surface area contributed by atoms with E-state index in [9.17, 15) is 26.3 Å². The van der Waals surface area contributed by atoms with E-state index in [1.165, 1.54) is 25.2 Å². The number of oxime groups is 1. The first-order valence-electron chi connectivity index (χ1n) is 6.64. The minimum Gasteiger partial charge on any atom is -0.411 e. The van der Waals surface area contributed by atoms with E-state index in [1.54, 1.807) is 0 Å². The third kappa shape index (κ3) is 4.91. The molecule has 136 valence electrons. The van der Waals surface area contributed by atoms with Gasteiger partial charge in [0, 0.05) is 23.1 Å². The quantitative estimate of drug-likeness (QED) is 0.277. The number of hydrogen-bond acceptors (Lipinski definition) is 4. The Labute approximate surface area is 142 Å². The van der Waals surface area contributed by atoms with Crippen LogP contribution in [0, 0.1) is 0 Å². The number of aromatic nitrogens is 2. The third-order valence-corrected chi connectivity index (χ3v) is 4.20. The van der Waals surface area contributed by atoms with E-state index in [4.69, 9.17) is 5.21 Å². The van der Waals surface area contributed by atoms with Crippen molar-refractivity contribution in [2.24, 2.45) is 12.2 Å². The second-order valence-electron chi connectivity index (χ2n) is 4.94. The lowest BCUT2D eigenvalue weighted by molar-refractivity contribution is -0.141. The number of rotatable bonds is 4. The minimum atomic E-state index is -4.63. The van der Waals surface area contributed by atoms with Crippen LogP contribution in [0.25, 0.3) is 11.3 Å². The summed E-state index contributed by atoms with van der Waals surface area (Å²) in [4.78, 5) is 0.113. The second kappa shape index (κ2) is 6.98. The van der Waals surface area contributed by atoms with Crippen LogP contribution in [0.2, 0.25) is 0 Å². The van der Waals surface area contributed by atoms with Gasteiger partial charge in [0.15, 0.2) is 5.69 Å². The first-order valence-corrected chi connectivity index (χ1v) is 7.62. The van der Waals surface area contributed by atoms with E-state index in [-0.39, 0.29) is 21.7 Å². The van der Waals surface area contributed by atoms with E-state index in [0.29, 0.717) is 11.8 Å². The van der Waals surface area contributed by atoms with Crippen molar-refractivity contribution in [3.8, 4) is 11.3 Å². The molecular formula is C14H11F6N3OS. The van der Waals surface area contributed by atoms with Crippen molar-refractivity contribution in [2.45, 2.75) is 17.2 Å². The number of nitrogens with zero attached hydrogens (tertiary/aromatic N) is 3. The first kappa shape index (κ1) is 19.2. The van der Waals surface area contributed by atoms with Gasteiger partial charge in [0.05, 0.1) is 17.7 Å². The molecule has 1 aromatic carbocycles. The van der Waals surface area contributed by atoms with E-state index < -0.39 is 23.8 Å². The zero-order chi connectivity index (χ0) is 18.8. The lowest BCUT2D eigenvalue weighted by Gasteiger charge is -2.10. The van der Waals surface area contributed by atoms with Crippen LogP contribution in [-0.2, 0) is 13.2 Å². The fourth-order valence-electron chi connectivity index (χ4n) is 2.02. The van der Waals surface area contributed by atoms with Gasteiger partial charge in [-0.3, -0.25) is 4.68 Å². The Morgan fingerprint density at radius 2 is 1.88 bits per heavy atom. The maximum Gasteiger partial charge on any atom is 0.435 e. The molecule has 25 heavy (non-hydrogen) atoms. The van der Waals surface area contributed by atoms with Gasteiger partial charge in [0.2, 0.25) is 0 Å². The number of alkyl halides is 6. The molecule has 0 bridgehead atoms. The average Bonchev–Trinajstić information content (AvgIpc) is 2.88. The minimum absolute atomic E-state index is 0.0914. The molecule has 2 rings (SSSR count). The Morgan fingerprint density at radius 1 is 1.20 bits per heavy atom. The summed E-state index contributed by atoms with van der Waals surface area (Å²) >= 11 is 0.442. The number of thioether (sulfide) groups is 1. The number of halogens is 6. The van der Waals surface area contributed by atoms with Crippen LogP contribution in [0.1, 0.15) is 11.3 Å². The maximum absolute atomic E-state index is 12.7. The molecule has 2 aromatic rings. The lowest BCUT2D eigenvalue weighted by Crippen LogP contribution is -2.10. The summed E-state index contributed by atoms with van der Waals surface area (Å²) in [7, 11) is 1.30. The molecule has 0 fully saturated rings. The molecule has 0 saturated heterocycles. The monoisotopic (exact) mass is 383 g/mol. The van der Waals surface area contributed by atoms with Crippen molar-refractivity contribution in [3.63, 3.8) is 0 Å². The fourth-order valence-corrected chi connectivity index (χ4v) is 2.84. The van der Waals surface area contributed by atoms with Crippen LogP contribution in [0.3, 0.4) is 0 Å². The number of aryl methyl sites for hydroxylation is 1. The Bertz CT molecular complexity index is 782. The second-order valence-corrected chi connectivity index (χ2v) is 5.95. The standard InChI is InChI=1S/C14H11F6N3OS/c1-23-10(5-12(22-23)14(18,19)20)8-2-3-9(6-21-24)11(4-8)25-7-13(15,16)17/h2-6,24H,7H2,1H3. The summed E-state index contributed by atoms with van der Waals surface area (Å²) in [5, 5.41) is 14.7. The average molecular weight is 383 g/mol. The van der Waals surface area contributed by atoms with Crippen molar-refractivity contribution < 1.29 is 31.5 Å². The van der Waals surface area contributed by atoms with E-state index in [2.05, 4.69) is 10.3 Å². The molecular weight excluding hydrogens is 372 g/mol. The van der Waals surface area contributed by atoms with Crippen molar-refractivity contribution in [1.82, 2.24) is 9.78 Å². The first-order chi connectivity index (χ1) is 11.5. The molecule has 0 unspecified atom stereocenters. The summed E-state index contributed by atoms with van der Waals surface area (Å²) in [5.41, 5.74) is -0.548. The SMILES string of the molecule is Cn1nc(C(F)(F)F)cc1-c1ccc(C=NO)c(SCC(F)(F)F)c1. The Kier molecular flexibility index (Phi) is 5.35. The van der Waals surface area contributed by atoms with E-state index in [1.807, 2.05) is 0 Å². The highest BCUT2D eigenvalue weighted by atomic mass is 32.2. The summed E-state index contributed by atoms with van der Waals surface area (Å²) in [6.07, 6.45) is -8.11. The Morgan fingerprint density at radius 3 is 2.40 bits per heavy atom. The summed E-state index contributed by atoms with van der Waals surface area (Å²) in [5.74, 6) is -1.19. The van der Waals surface area contributed by atoms with Crippen LogP contribution in [0.5, 0.6) is 0 Å². The smallest absolute Gasteiger partial charge is 0.411 e. The molecule has 0 spiro atoms. The summed E-state index contributed by atoms with van der Waals surface area (Å²) in [6.45, 7) is 0. The molecule has 1 heterocycles. The highest BCUT2D eigenvalue weighted by Crippen LogP contribution is 2.35. The van der Waals surface area contributed by atoms with E-state index in [0.717, 1.165) is 17.0 Å². The Balaban J connectivity index is 2.44. The maximum atomic E-state index is 12.7. The normalized spacial score (nSPS) is 12.9. The van der Waals surface area contributed by atoms with Crippen LogP contribution in [0.15, 0.2) is 34.3 Å². The van der Waals surface area contributed by atoms with Gasteiger partial charge in [-0.25, -0.2) is 0 Å². The van der Waals surface area contributed by atoms with Gasteiger partial charge in [0.25, 0.3) is 0 Å². The molecule has 0 aliphatic carbocycles. The topological polar surface area (TPSA) is 50.4 Å². The summed E-state index contributed by atoms with van der Waals surface area (Å²) < 4.78 is 76.5. The fraction of sp³-hybridized carbons (Fsp3) is 0.286. The molecule has 1 aromatic heterocycles. The van der Waals surface area contributed by atoms with Crippen molar-refractivity contribution >= 4 is 18.0 Å². The number of benzene rings is 1. The van der Waals surface area contributed by atoms with Crippen LogP contribution in [-0.4, -0.2) is 33.1 Å². The van der Waals surface area contributed by atoms with Crippen LogP contribution >= 0.6 is 11.8 Å². The van der Waals surface area contributed by atoms with Gasteiger partial charge in [-0.2, -0.15) is 31.4 Å². The van der Waals surface area contributed by atoms with Gasteiger partial charge < -0.3 is 5.21 Å². The van der Waals surface area contributed by atoms with E-state index >= 15 is 0 Å². The number of hydrogen-bond donors (Lipinski definition) is 1. The van der Waals surface area contributed by atoms with Crippen molar-refractivity contribution in [3.05, 3.63) is 35.5 Å². The zero-order valence-electron chi connectivity index (χ0n) is 12.6. The molecule has 0 atom stereocenters. The van der Waals surface area contributed by atoms with Crippen molar-refractivity contribution in [2.75, 3.05) is 5.75 Å². The van der Waals surface area contributed by atoms with Crippen LogP contribution in [0.4, 0.5) is 26.3 Å². The molecule has 0 amide bonds. The summed E-state index contributed by atoms with van der Waals surface area (Å²) in [6, 6.07) is 4.87. The zero-order valence-corrected chi connectivity index (χ0v) is 13.4. The Hall–Kier alpha value is -2.17. The molecule has 0 radical (unpaired) electrons. The van der Waals surface area contributed by atoms with Gasteiger partial charge in [-0.15, -0.1) is 11.8 Å². The highest BCUT2D eigenvalue weighted by Gasteiger charge is 2.34. The third-order valence-electron chi connectivity index (χ3n) is 3.07. The largest absolute Gasteiger partial charge is 0.435 e. The molecule has 0 saturated carbocycles. The van der Waals surface area contributed by atoms with Gasteiger partial charge >= 0.3 is 12.4 Å². The molecule has 11 heteroatoms. The molecule has 0 aliphatic heterocycles. The molecule has 4 nitrogen and oxygen atoms in total. The highest BCUT2D eigenvalue weighted by molar-refractivity contribution is 7.99. The van der Waals surface area contributed by atoms with Gasteiger partial charge in [-0.1, -0.05) is 17.3 Å². The molecule has 0 aliphatic rings. The van der Waals surface area contributed by atoms with Gasteiger partial charge in [0.1, 0.15) is 0 Å². The predicted molar refractivity (Wildman–Crippen MR) is 79.8 cm³/mol. The lowest BCUT2D eigenvalue weighted by atomic mass is 10.1. The predicted octanol–water partition coefficient (Wildman–Crippen LogP) is 4.57.